The van der Waals surface area contributed by atoms with Gasteiger partial charge in [-0.25, -0.2) is 14.8 Å². The van der Waals surface area contributed by atoms with Crippen LogP contribution in [0.25, 0.3) is 5.65 Å². The van der Waals surface area contributed by atoms with E-state index in [1.54, 1.807) is 9.52 Å². The van der Waals surface area contributed by atoms with E-state index in [1.807, 2.05) is 65.1 Å². The molecule has 6 rings (SSSR count). The van der Waals surface area contributed by atoms with E-state index in [4.69, 9.17) is 29.0 Å². The Morgan fingerprint density at radius 1 is 1.15 bits per heavy atom. The Bertz CT molecular complexity index is 1650. The van der Waals surface area contributed by atoms with Crippen LogP contribution in [0.15, 0.2) is 59.4 Å². The molecule has 1 fully saturated rings. The van der Waals surface area contributed by atoms with Crippen LogP contribution in [0.3, 0.4) is 0 Å². The zero-order valence-corrected chi connectivity index (χ0v) is 28.8. The molecule has 3 aliphatic rings. The van der Waals surface area contributed by atoms with E-state index < -0.39 is 17.7 Å². The number of fused-ring (bicyclic) bond motifs is 9. The number of nitrogens with zero attached hydrogens (tertiary/aromatic N) is 6. The molecule has 5 heterocycles. The quantitative estimate of drug-likeness (QED) is 0.183. The number of esters is 1. The van der Waals surface area contributed by atoms with Gasteiger partial charge in [0.1, 0.15) is 11.6 Å². The maximum atomic E-state index is 13.3. The summed E-state index contributed by atoms with van der Waals surface area (Å²) in [4.78, 5) is 20.5. The van der Waals surface area contributed by atoms with Crippen LogP contribution >= 0.6 is 0 Å². The zero-order chi connectivity index (χ0) is 33.8. The lowest BCUT2D eigenvalue weighted by atomic mass is 9.92. The predicted octanol–water partition coefficient (Wildman–Crippen LogP) is 6.35. The monoisotopic (exact) mass is 644 g/mol. The first-order valence-electron chi connectivity index (χ1n) is 16.2. The van der Waals surface area contributed by atoms with Gasteiger partial charge in [0.2, 0.25) is 0 Å². The van der Waals surface area contributed by atoms with Crippen molar-refractivity contribution in [2.45, 2.75) is 84.5 Å². The number of hydrogen-bond donors (Lipinski definition) is 0. The number of ether oxygens (including phenoxy) is 4. The molecule has 0 N–H and O–H groups in total. The Morgan fingerprint density at radius 2 is 1.89 bits per heavy atom. The molecule has 2 aromatic heterocycles. The second-order valence-corrected chi connectivity index (χ2v) is 13.4. The third-order valence-electron chi connectivity index (χ3n) is 8.47. The molecule has 4 bridgehead atoms. The van der Waals surface area contributed by atoms with Crippen LogP contribution in [0.5, 0.6) is 5.75 Å². The first kappa shape index (κ1) is 34.1. The van der Waals surface area contributed by atoms with Gasteiger partial charge in [-0.05, 0) is 78.9 Å². The topological polar surface area (TPSA) is 103 Å². The fourth-order valence-electron chi connectivity index (χ4n) is 6.04. The number of anilines is 2. The molecule has 0 radical (unpaired) electrons. The van der Waals surface area contributed by atoms with Gasteiger partial charge in [-0.3, -0.25) is 0 Å². The Morgan fingerprint density at radius 3 is 2.60 bits per heavy atom. The van der Waals surface area contributed by atoms with Crippen LogP contribution in [0.2, 0.25) is 0 Å². The van der Waals surface area contributed by atoms with Gasteiger partial charge in [0, 0.05) is 37.8 Å². The normalized spacial score (nSPS) is 20.0. The Labute approximate surface area is 277 Å². The smallest absolute Gasteiger partial charge is 0.339 e. The Kier molecular flexibility index (Phi) is 10.4. The molecule has 0 saturated carbocycles. The van der Waals surface area contributed by atoms with Crippen LogP contribution in [0.4, 0.5) is 11.6 Å². The van der Waals surface area contributed by atoms with Gasteiger partial charge >= 0.3 is 5.97 Å². The minimum absolute atomic E-state index is 0.304. The lowest BCUT2D eigenvalue weighted by Crippen LogP contribution is -2.45. The van der Waals surface area contributed by atoms with Gasteiger partial charge in [0.15, 0.2) is 17.6 Å². The van der Waals surface area contributed by atoms with Crippen molar-refractivity contribution in [2.75, 3.05) is 43.3 Å². The molecule has 0 spiro atoms. The molecule has 11 nitrogen and oxygen atoms in total. The number of benzene rings is 1. The number of hydrogen-bond acceptors (Lipinski definition) is 10. The van der Waals surface area contributed by atoms with Gasteiger partial charge < -0.3 is 23.8 Å². The predicted molar refractivity (Wildman–Crippen MR) is 184 cm³/mol. The van der Waals surface area contributed by atoms with Crippen LogP contribution < -0.4 is 14.6 Å². The Hall–Kier alpha value is -4.22. The fourth-order valence-corrected chi connectivity index (χ4v) is 6.04. The summed E-state index contributed by atoms with van der Waals surface area (Å²) in [6, 6.07) is 9.96. The molecular weight excluding hydrogens is 596 g/mol. The second kappa shape index (κ2) is 14.3. The minimum atomic E-state index is -1.01. The largest absolute Gasteiger partial charge is 0.493 e. The maximum Gasteiger partial charge on any atom is 0.339 e. The summed E-state index contributed by atoms with van der Waals surface area (Å²) in [6.07, 6.45) is 8.10. The molecule has 1 atom stereocenters. The average Bonchev–Trinajstić information content (AvgIpc) is 3.45. The summed E-state index contributed by atoms with van der Waals surface area (Å²) in [5.74, 6) is 1.64. The molecular formula is C36H48N6O5. The molecule has 0 amide bonds. The minimum Gasteiger partial charge on any atom is -0.493 e. The Balaban J connectivity index is 1.65. The molecule has 3 aliphatic heterocycles. The number of aromatic nitrogens is 3. The standard InChI is InChI=1S/C36H48N6O5/c1-25-22-27-14-10-11-15-28(27)45-20-12-9-13-21-46-36(6)16-18-40(19-17-36)33-31(32(34(43)44-8)47-35(3,4)5)26(2)38-29-23-30(39-42(29)33)41(24-25)37-7/h9-11,13-15,23-24,32H,7,12,16-22H2,1-6,8H3/b13-9+,25-24+/t32-/m0/s1. The van der Waals surface area contributed by atoms with Gasteiger partial charge in [0.25, 0.3) is 0 Å². The summed E-state index contributed by atoms with van der Waals surface area (Å²) in [7, 11) is 1.38. The average molecular weight is 645 g/mol. The first-order chi connectivity index (χ1) is 22.4. The molecule has 0 aliphatic carbocycles. The van der Waals surface area contributed by atoms with E-state index >= 15 is 0 Å². The fraction of sp³-hybridized carbons (Fsp3) is 0.500. The highest BCUT2D eigenvalue weighted by atomic mass is 16.6. The van der Waals surface area contributed by atoms with E-state index in [2.05, 4.69) is 41.9 Å². The van der Waals surface area contributed by atoms with Crippen LogP contribution in [0.1, 0.15) is 76.8 Å². The summed E-state index contributed by atoms with van der Waals surface area (Å²) >= 11 is 0. The molecule has 252 valence electrons. The van der Waals surface area contributed by atoms with Crippen LogP contribution in [-0.2, 0) is 25.4 Å². The van der Waals surface area contributed by atoms with Gasteiger partial charge in [-0.1, -0.05) is 35.9 Å². The van der Waals surface area contributed by atoms with Gasteiger partial charge in [0.05, 0.1) is 37.1 Å². The van der Waals surface area contributed by atoms with Gasteiger partial charge in [-0.15, -0.1) is 5.10 Å². The van der Waals surface area contributed by atoms with E-state index in [0.717, 1.165) is 42.0 Å². The summed E-state index contributed by atoms with van der Waals surface area (Å²) in [5.41, 5.74) is 3.08. The third-order valence-corrected chi connectivity index (χ3v) is 8.47. The SMILES string of the molecule is C=NN1/C=C(\C)Cc2ccccc2OCC/C=C/COC2(C)CCN(CC2)c2c([C@H](OC(C)(C)C)C(=O)OC)c(C)nc3cc1nn23. The molecule has 47 heavy (non-hydrogen) atoms. The number of para-hydroxylation sites is 1. The number of rotatable bonds is 4. The van der Waals surface area contributed by atoms with Crippen LogP contribution in [-0.4, -0.2) is 71.9 Å². The van der Waals surface area contributed by atoms with Crippen molar-refractivity contribution in [2.24, 2.45) is 5.10 Å². The summed E-state index contributed by atoms with van der Waals surface area (Å²) in [6.45, 7) is 18.2. The number of carbonyl (C=O) groups is 1. The van der Waals surface area contributed by atoms with E-state index in [9.17, 15) is 4.79 Å². The number of aryl methyl sites for hydroxylation is 1. The second-order valence-electron chi connectivity index (χ2n) is 13.4. The summed E-state index contributed by atoms with van der Waals surface area (Å²) < 4.78 is 26.0. The van der Waals surface area contributed by atoms with Crippen molar-refractivity contribution in [3.05, 3.63) is 71.1 Å². The van der Waals surface area contributed by atoms with Crippen molar-refractivity contribution in [3.8, 4) is 5.75 Å². The first-order valence-corrected chi connectivity index (χ1v) is 16.2. The number of piperidine rings is 1. The highest BCUT2D eigenvalue weighted by Gasteiger charge is 2.38. The lowest BCUT2D eigenvalue weighted by Gasteiger charge is -2.41. The van der Waals surface area contributed by atoms with Crippen molar-refractivity contribution < 1.29 is 23.7 Å². The highest BCUT2D eigenvalue weighted by Crippen LogP contribution is 2.38. The number of carbonyl (C=O) groups excluding carboxylic acids is 1. The highest BCUT2D eigenvalue weighted by molar-refractivity contribution is 5.80. The van der Waals surface area contributed by atoms with Crippen molar-refractivity contribution in [1.29, 1.82) is 0 Å². The van der Waals surface area contributed by atoms with E-state index in [-0.39, 0.29) is 5.60 Å². The third kappa shape index (κ3) is 8.02. The van der Waals surface area contributed by atoms with E-state index in [0.29, 0.717) is 55.4 Å². The molecule has 11 heteroatoms. The molecule has 0 unspecified atom stereocenters. The number of hydrazone groups is 1. The number of allylic oxidation sites excluding steroid dienone is 1. The number of methoxy groups -OCH3 is 1. The van der Waals surface area contributed by atoms with E-state index in [1.165, 1.54) is 7.11 Å². The molecule has 3 aromatic rings. The van der Waals surface area contributed by atoms with Crippen molar-refractivity contribution in [1.82, 2.24) is 14.6 Å². The van der Waals surface area contributed by atoms with Crippen molar-refractivity contribution in [3.63, 3.8) is 0 Å². The van der Waals surface area contributed by atoms with Crippen LogP contribution in [0, 0.1) is 6.92 Å². The maximum absolute atomic E-state index is 13.3. The summed E-state index contributed by atoms with van der Waals surface area (Å²) in [5, 5.41) is 11.0. The zero-order valence-electron chi connectivity index (χ0n) is 28.8. The van der Waals surface area contributed by atoms with Crippen molar-refractivity contribution >= 4 is 30.0 Å². The van der Waals surface area contributed by atoms with Gasteiger partial charge in [-0.2, -0.15) is 9.62 Å². The molecule has 1 aromatic carbocycles. The lowest BCUT2D eigenvalue weighted by molar-refractivity contribution is -0.164. The molecule has 1 saturated heterocycles.